The molecule has 0 radical (unpaired) electrons. The summed E-state index contributed by atoms with van der Waals surface area (Å²) < 4.78 is 27.2. The van der Waals surface area contributed by atoms with Crippen molar-refractivity contribution in [3.8, 4) is 0 Å². The molecule has 0 bridgehead atoms. The van der Waals surface area contributed by atoms with Gasteiger partial charge < -0.3 is 5.32 Å². The van der Waals surface area contributed by atoms with Gasteiger partial charge in [0.05, 0.1) is 4.90 Å². The summed E-state index contributed by atoms with van der Waals surface area (Å²) in [4.78, 5) is 12.6. The van der Waals surface area contributed by atoms with Gasteiger partial charge in [0.1, 0.15) is 0 Å². The van der Waals surface area contributed by atoms with Gasteiger partial charge in [0.25, 0.3) is 5.91 Å². The second kappa shape index (κ2) is 7.60. The number of piperidine rings is 1. The second-order valence-electron chi connectivity index (χ2n) is 6.81. The fourth-order valence-electron chi connectivity index (χ4n) is 3.27. The molecule has 1 saturated heterocycles. The molecule has 2 aromatic rings. The maximum atomic E-state index is 12.8. The zero-order chi connectivity index (χ0) is 18.7. The number of rotatable bonds is 4. The number of anilines is 1. The lowest BCUT2D eigenvalue weighted by atomic mass is 10.1. The quantitative estimate of drug-likeness (QED) is 0.887. The topological polar surface area (TPSA) is 66.5 Å². The summed E-state index contributed by atoms with van der Waals surface area (Å²) in [6.45, 7) is 4.45. The maximum absolute atomic E-state index is 12.8. The highest BCUT2D eigenvalue weighted by molar-refractivity contribution is 7.89. The van der Waals surface area contributed by atoms with E-state index in [0.29, 0.717) is 17.8 Å². The molecule has 0 saturated carbocycles. The molecule has 26 heavy (non-hydrogen) atoms. The van der Waals surface area contributed by atoms with Crippen LogP contribution in [-0.2, 0) is 10.0 Å². The van der Waals surface area contributed by atoms with Crippen LogP contribution in [0.15, 0.2) is 53.4 Å². The van der Waals surface area contributed by atoms with Crippen molar-refractivity contribution in [2.75, 3.05) is 11.9 Å². The van der Waals surface area contributed by atoms with Crippen molar-refractivity contribution >= 4 is 21.6 Å². The van der Waals surface area contributed by atoms with E-state index in [4.69, 9.17) is 0 Å². The van der Waals surface area contributed by atoms with Crippen LogP contribution in [0, 0.1) is 6.92 Å². The average Bonchev–Trinajstić information content (AvgIpc) is 2.62. The van der Waals surface area contributed by atoms with Gasteiger partial charge in [0.2, 0.25) is 10.0 Å². The van der Waals surface area contributed by atoms with Gasteiger partial charge in [0, 0.05) is 23.8 Å². The number of aryl methyl sites for hydroxylation is 1. The van der Waals surface area contributed by atoms with Crippen molar-refractivity contribution < 1.29 is 13.2 Å². The first kappa shape index (κ1) is 18.6. The van der Waals surface area contributed by atoms with Crippen LogP contribution in [0.5, 0.6) is 0 Å². The first-order valence-corrected chi connectivity index (χ1v) is 10.3. The van der Waals surface area contributed by atoms with Crippen LogP contribution in [0.2, 0.25) is 0 Å². The van der Waals surface area contributed by atoms with E-state index in [2.05, 4.69) is 5.32 Å². The average molecular weight is 372 g/mol. The Bertz CT molecular complexity index is 892. The molecular weight excluding hydrogens is 348 g/mol. The third-order valence-corrected chi connectivity index (χ3v) is 6.77. The first-order chi connectivity index (χ1) is 12.4. The number of benzene rings is 2. The highest BCUT2D eigenvalue weighted by Gasteiger charge is 2.30. The number of nitrogens with one attached hydrogen (secondary N) is 1. The van der Waals surface area contributed by atoms with Gasteiger partial charge in [0.15, 0.2) is 0 Å². The summed E-state index contributed by atoms with van der Waals surface area (Å²) in [5, 5.41) is 2.83. The van der Waals surface area contributed by atoms with Crippen LogP contribution in [0.3, 0.4) is 0 Å². The Balaban J connectivity index is 1.76. The standard InChI is InChI=1S/C20H24N2O3S/c1-15-6-5-8-18(14-15)21-20(23)17-9-11-19(12-10-17)26(24,25)22-13-4-3-7-16(22)2/h5-6,8-12,14,16H,3-4,7,13H2,1-2H3,(H,21,23). The zero-order valence-electron chi connectivity index (χ0n) is 15.1. The molecule has 0 spiro atoms. The van der Waals surface area contributed by atoms with Crippen LogP contribution >= 0.6 is 0 Å². The van der Waals surface area contributed by atoms with Crippen molar-refractivity contribution in [3.05, 3.63) is 59.7 Å². The smallest absolute Gasteiger partial charge is 0.255 e. The summed E-state index contributed by atoms with van der Waals surface area (Å²) in [7, 11) is -3.52. The molecule has 1 heterocycles. The fourth-order valence-corrected chi connectivity index (χ4v) is 4.97. The summed E-state index contributed by atoms with van der Waals surface area (Å²) in [5.74, 6) is -0.258. The van der Waals surface area contributed by atoms with Crippen LogP contribution < -0.4 is 5.32 Å². The van der Waals surface area contributed by atoms with Crippen molar-refractivity contribution in [1.29, 1.82) is 0 Å². The molecule has 1 N–H and O–H groups in total. The van der Waals surface area contributed by atoms with Crippen LogP contribution in [0.4, 0.5) is 5.69 Å². The van der Waals surface area contributed by atoms with Crippen molar-refractivity contribution in [1.82, 2.24) is 4.31 Å². The Morgan fingerprint density at radius 2 is 1.85 bits per heavy atom. The molecule has 138 valence electrons. The molecule has 0 aromatic heterocycles. The molecule has 1 fully saturated rings. The Hall–Kier alpha value is -2.18. The number of amides is 1. The number of hydrogen-bond donors (Lipinski definition) is 1. The molecule has 1 aliphatic rings. The highest BCUT2D eigenvalue weighted by Crippen LogP contribution is 2.25. The minimum Gasteiger partial charge on any atom is -0.322 e. The second-order valence-corrected chi connectivity index (χ2v) is 8.70. The lowest BCUT2D eigenvalue weighted by molar-refractivity contribution is 0.102. The molecule has 1 amide bonds. The monoisotopic (exact) mass is 372 g/mol. The van der Waals surface area contributed by atoms with Gasteiger partial charge in [-0.3, -0.25) is 4.79 Å². The van der Waals surface area contributed by atoms with Gasteiger partial charge in [-0.1, -0.05) is 18.6 Å². The van der Waals surface area contributed by atoms with Gasteiger partial charge in [-0.2, -0.15) is 4.31 Å². The van der Waals surface area contributed by atoms with Gasteiger partial charge in [-0.05, 0) is 68.7 Å². The van der Waals surface area contributed by atoms with E-state index < -0.39 is 10.0 Å². The number of hydrogen-bond acceptors (Lipinski definition) is 3. The minimum absolute atomic E-state index is 0.0121. The van der Waals surface area contributed by atoms with E-state index in [-0.39, 0.29) is 16.8 Å². The van der Waals surface area contributed by atoms with E-state index in [1.807, 2.05) is 38.1 Å². The van der Waals surface area contributed by atoms with Gasteiger partial charge >= 0.3 is 0 Å². The summed E-state index contributed by atoms with van der Waals surface area (Å²) in [6, 6.07) is 13.7. The fraction of sp³-hybridized carbons (Fsp3) is 0.350. The maximum Gasteiger partial charge on any atom is 0.255 e. The molecule has 2 aromatic carbocycles. The van der Waals surface area contributed by atoms with Gasteiger partial charge in [-0.25, -0.2) is 8.42 Å². The number of nitrogens with zero attached hydrogens (tertiary/aromatic N) is 1. The Morgan fingerprint density at radius 1 is 1.12 bits per heavy atom. The minimum atomic E-state index is -3.52. The molecule has 1 aliphatic heterocycles. The molecule has 6 heteroatoms. The molecular formula is C20H24N2O3S. The van der Waals surface area contributed by atoms with Crippen LogP contribution in [0.25, 0.3) is 0 Å². The van der Waals surface area contributed by atoms with E-state index in [9.17, 15) is 13.2 Å². The summed E-state index contributed by atoms with van der Waals surface area (Å²) in [5.41, 5.74) is 2.20. The largest absolute Gasteiger partial charge is 0.322 e. The third-order valence-electron chi connectivity index (χ3n) is 4.74. The molecule has 1 atom stereocenters. The Labute approximate surface area is 155 Å². The van der Waals surface area contributed by atoms with Crippen molar-refractivity contribution in [2.45, 2.75) is 44.0 Å². The molecule has 0 aliphatic carbocycles. The third kappa shape index (κ3) is 3.97. The van der Waals surface area contributed by atoms with Crippen molar-refractivity contribution in [3.63, 3.8) is 0 Å². The van der Waals surface area contributed by atoms with E-state index in [0.717, 1.165) is 24.8 Å². The van der Waals surface area contributed by atoms with Crippen LogP contribution in [0.1, 0.15) is 42.1 Å². The van der Waals surface area contributed by atoms with Gasteiger partial charge in [-0.15, -0.1) is 0 Å². The number of carbonyl (C=O) groups excluding carboxylic acids is 1. The number of carbonyl (C=O) groups is 1. The lowest BCUT2D eigenvalue weighted by Gasteiger charge is -2.32. The zero-order valence-corrected chi connectivity index (χ0v) is 15.9. The van der Waals surface area contributed by atoms with Crippen molar-refractivity contribution in [2.24, 2.45) is 0 Å². The highest BCUT2D eigenvalue weighted by atomic mass is 32.2. The van der Waals surface area contributed by atoms with Crippen LogP contribution in [-0.4, -0.2) is 31.2 Å². The molecule has 5 nitrogen and oxygen atoms in total. The molecule has 3 rings (SSSR count). The molecule has 1 unspecified atom stereocenters. The summed E-state index contributed by atoms with van der Waals surface area (Å²) >= 11 is 0. The SMILES string of the molecule is Cc1cccc(NC(=O)c2ccc(S(=O)(=O)N3CCCCC3C)cc2)c1. The lowest BCUT2D eigenvalue weighted by Crippen LogP contribution is -2.41. The Kier molecular flexibility index (Phi) is 5.44. The van der Waals surface area contributed by atoms with E-state index >= 15 is 0 Å². The summed E-state index contributed by atoms with van der Waals surface area (Å²) in [6.07, 6.45) is 2.84. The Morgan fingerprint density at radius 3 is 2.50 bits per heavy atom. The van der Waals surface area contributed by atoms with E-state index in [1.54, 1.807) is 16.4 Å². The normalized spacial score (nSPS) is 18.5. The predicted octanol–water partition coefficient (Wildman–Crippen LogP) is 3.81. The number of sulfonamides is 1. The predicted molar refractivity (Wildman–Crippen MR) is 103 cm³/mol. The van der Waals surface area contributed by atoms with E-state index in [1.165, 1.54) is 12.1 Å². The first-order valence-electron chi connectivity index (χ1n) is 8.88.